The SMILES string of the molecule is C#CCC(NC)c1nccc2ccccc12. The van der Waals surface area contributed by atoms with Crippen molar-refractivity contribution in [3.05, 3.63) is 42.2 Å². The molecule has 0 spiro atoms. The predicted octanol–water partition coefficient (Wildman–Crippen LogP) is 2.52. The maximum Gasteiger partial charge on any atom is 0.0661 e. The molecule has 1 heterocycles. The van der Waals surface area contributed by atoms with Gasteiger partial charge in [0, 0.05) is 18.0 Å². The third-order valence-electron chi connectivity index (χ3n) is 2.70. The lowest BCUT2D eigenvalue weighted by Gasteiger charge is -2.14. The molecular weight excluding hydrogens is 196 g/mol. The lowest BCUT2D eigenvalue weighted by Crippen LogP contribution is -2.17. The maximum atomic E-state index is 5.37. The third-order valence-corrected chi connectivity index (χ3v) is 2.70. The second-order valence-electron chi connectivity index (χ2n) is 3.67. The van der Waals surface area contributed by atoms with Gasteiger partial charge >= 0.3 is 0 Å². The molecular formula is C14H14N2. The molecule has 2 heteroatoms. The normalized spacial score (nSPS) is 12.2. The van der Waals surface area contributed by atoms with Crippen molar-refractivity contribution < 1.29 is 0 Å². The smallest absolute Gasteiger partial charge is 0.0661 e. The standard InChI is InChI=1S/C14H14N2/c1-3-6-13(15-2)14-12-8-5-4-7-11(12)9-10-16-14/h1,4-5,7-10,13,15H,6H2,2H3. The number of nitrogens with one attached hydrogen (secondary N) is 1. The van der Waals surface area contributed by atoms with Crippen LogP contribution < -0.4 is 5.32 Å². The van der Waals surface area contributed by atoms with Crippen LogP contribution in [0.15, 0.2) is 36.5 Å². The van der Waals surface area contributed by atoms with Crippen molar-refractivity contribution in [3.8, 4) is 12.3 Å². The van der Waals surface area contributed by atoms with Gasteiger partial charge in [-0.2, -0.15) is 0 Å². The molecule has 1 N–H and O–H groups in total. The number of pyridine rings is 1. The predicted molar refractivity (Wildman–Crippen MR) is 67.0 cm³/mol. The van der Waals surface area contributed by atoms with Crippen LogP contribution in [0.1, 0.15) is 18.2 Å². The molecule has 0 amide bonds. The number of rotatable bonds is 3. The first-order valence-electron chi connectivity index (χ1n) is 5.31. The van der Waals surface area contributed by atoms with Crippen molar-refractivity contribution in [2.45, 2.75) is 12.5 Å². The average molecular weight is 210 g/mol. The van der Waals surface area contributed by atoms with Gasteiger partial charge < -0.3 is 5.32 Å². The van der Waals surface area contributed by atoms with Gasteiger partial charge in [0.05, 0.1) is 11.7 Å². The lowest BCUT2D eigenvalue weighted by atomic mass is 10.0. The van der Waals surface area contributed by atoms with Gasteiger partial charge in [0.2, 0.25) is 0 Å². The molecule has 0 saturated carbocycles. The van der Waals surface area contributed by atoms with Crippen LogP contribution in [0.3, 0.4) is 0 Å². The van der Waals surface area contributed by atoms with Crippen LogP contribution in [0.25, 0.3) is 10.8 Å². The average Bonchev–Trinajstić information content (AvgIpc) is 2.35. The summed E-state index contributed by atoms with van der Waals surface area (Å²) in [6.45, 7) is 0. The Balaban J connectivity index is 2.55. The van der Waals surface area contributed by atoms with Crippen molar-refractivity contribution in [1.82, 2.24) is 10.3 Å². The Morgan fingerprint density at radius 1 is 1.38 bits per heavy atom. The summed E-state index contributed by atoms with van der Waals surface area (Å²) >= 11 is 0. The fourth-order valence-electron chi connectivity index (χ4n) is 1.87. The molecule has 1 atom stereocenters. The van der Waals surface area contributed by atoms with Crippen LogP contribution in [0.2, 0.25) is 0 Å². The fourth-order valence-corrected chi connectivity index (χ4v) is 1.87. The van der Waals surface area contributed by atoms with Crippen molar-refractivity contribution in [1.29, 1.82) is 0 Å². The highest BCUT2D eigenvalue weighted by Gasteiger charge is 2.12. The van der Waals surface area contributed by atoms with Crippen LogP contribution in [0.5, 0.6) is 0 Å². The maximum absolute atomic E-state index is 5.37. The molecule has 1 unspecified atom stereocenters. The zero-order chi connectivity index (χ0) is 11.4. The summed E-state index contributed by atoms with van der Waals surface area (Å²) in [5, 5.41) is 5.57. The Morgan fingerprint density at radius 2 is 2.19 bits per heavy atom. The fraction of sp³-hybridized carbons (Fsp3) is 0.214. The van der Waals surface area contributed by atoms with E-state index in [2.05, 4.69) is 28.4 Å². The first-order valence-corrected chi connectivity index (χ1v) is 5.31. The molecule has 1 aromatic heterocycles. The topological polar surface area (TPSA) is 24.9 Å². The quantitative estimate of drug-likeness (QED) is 0.787. The van der Waals surface area contributed by atoms with Crippen molar-refractivity contribution >= 4 is 10.8 Å². The van der Waals surface area contributed by atoms with Crippen molar-refractivity contribution in [2.24, 2.45) is 0 Å². The molecule has 16 heavy (non-hydrogen) atoms. The highest BCUT2D eigenvalue weighted by molar-refractivity contribution is 5.84. The number of terminal acetylenes is 1. The zero-order valence-corrected chi connectivity index (χ0v) is 9.27. The molecule has 0 bridgehead atoms. The minimum absolute atomic E-state index is 0.121. The molecule has 0 saturated heterocycles. The largest absolute Gasteiger partial charge is 0.311 e. The molecule has 0 aliphatic rings. The van der Waals surface area contributed by atoms with E-state index >= 15 is 0 Å². The molecule has 80 valence electrons. The van der Waals surface area contributed by atoms with Crippen molar-refractivity contribution in [3.63, 3.8) is 0 Å². The van der Waals surface area contributed by atoms with Gasteiger partial charge in [0.15, 0.2) is 0 Å². The van der Waals surface area contributed by atoms with E-state index in [0.29, 0.717) is 6.42 Å². The summed E-state index contributed by atoms with van der Waals surface area (Å²) in [5.74, 6) is 2.68. The third kappa shape index (κ3) is 1.91. The number of hydrogen-bond acceptors (Lipinski definition) is 2. The van der Waals surface area contributed by atoms with Crippen LogP contribution in [-0.4, -0.2) is 12.0 Å². The molecule has 1 aromatic carbocycles. The van der Waals surface area contributed by atoms with Crippen LogP contribution >= 0.6 is 0 Å². The summed E-state index contributed by atoms with van der Waals surface area (Å²) in [4.78, 5) is 4.44. The monoisotopic (exact) mass is 210 g/mol. The van der Waals surface area contributed by atoms with E-state index in [1.54, 1.807) is 0 Å². The molecule has 2 nitrogen and oxygen atoms in total. The minimum Gasteiger partial charge on any atom is -0.311 e. The molecule has 2 aromatic rings. The summed E-state index contributed by atoms with van der Waals surface area (Å²) in [6, 6.07) is 10.4. The van der Waals surface area contributed by atoms with E-state index in [4.69, 9.17) is 6.42 Å². The van der Waals surface area contributed by atoms with E-state index in [-0.39, 0.29) is 6.04 Å². The number of nitrogens with zero attached hydrogens (tertiary/aromatic N) is 1. The highest BCUT2D eigenvalue weighted by Crippen LogP contribution is 2.23. The molecule has 0 aliphatic heterocycles. The van der Waals surface area contributed by atoms with E-state index in [9.17, 15) is 0 Å². The second-order valence-corrected chi connectivity index (χ2v) is 3.67. The second kappa shape index (κ2) is 4.78. The Kier molecular flexibility index (Phi) is 3.19. The lowest BCUT2D eigenvalue weighted by molar-refractivity contribution is 0.599. The summed E-state index contributed by atoms with van der Waals surface area (Å²) in [7, 11) is 1.91. The first kappa shape index (κ1) is 10.7. The van der Waals surface area contributed by atoms with Crippen LogP contribution in [0.4, 0.5) is 0 Å². The van der Waals surface area contributed by atoms with Crippen LogP contribution in [-0.2, 0) is 0 Å². The van der Waals surface area contributed by atoms with Crippen LogP contribution in [0, 0.1) is 12.3 Å². The minimum atomic E-state index is 0.121. The first-order chi connectivity index (χ1) is 7.86. The van der Waals surface area contributed by atoms with Gasteiger partial charge in [0.25, 0.3) is 0 Å². The Bertz CT molecular complexity index is 520. The van der Waals surface area contributed by atoms with Gasteiger partial charge in [-0.05, 0) is 18.5 Å². The van der Waals surface area contributed by atoms with Gasteiger partial charge in [-0.1, -0.05) is 24.3 Å². The van der Waals surface area contributed by atoms with Gasteiger partial charge in [-0.25, -0.2) is 0 Å². The molecule has 0 radical (unpaired) electrons. The van der Waals surface area contributed by atoms with Gasteiger partial charge in [-0.15, -0.1) is 12.3 Å². The number of fused-ring (bicyclic) bond motifs is 1. The molecule has 0 aliphatic carbocycles. The molecule has 0 fully saturated rings. The van der Waals surface area contributed by atoms with Crippen molar-refractivity contribution in [2.75, 3.05) is 7.05 Å². The summed E-state index contributed by atoms with van der Waals surface area (Å²) in [5.41, 5.74) is 1.03. The summed E-state index contributed by atoms with van der Waals surface area (Å²) in [6.07, 6.45) is 7.85. The Morgan fingerprint density at radius 3 is 2.94 bits per heavy atom. The molecule has 2 rings (SSSR count). The zero-order valence-electron chi connectivity index (χ0n) is 9.27. The Hall–Kier alpha value is -1.85. The van der Waals surface area contributed by atoms with Gasteiger partial charge in [0.1, 0.15) is 0 Å². The van der Waals surface area contributed by atoms with E-state index in [1.807, 2.05) is 31.4 Å². The Labute approximate surface area is 95.7 Å². The van der Waals surface area contributed by atoms with E-state index in [1.165, 1.54) is 10.8 Å². The van der Waals surface area contributed by atoms with E-state index in [0.717, 1.165) is 5.69 Å². The number of hydrogen-bond donors (Lipinski definition) is 1. The van der Waals surface area contributed by atoms with Gasteiger partial charge in [-0.3, -0.25) is 4.98 Å². The highest BCUT2D eigenvalue weighted by atomic mass is 14.9. The number of benzene rings is 1. The summed E-state index contributed by atoms with van der Waals surface area (Å²) < 4.78 is 0. The van der Waals surface area contributed by atoms with E-state index < -0.39 is 0 Å². The number of aromatic nitrogens is 1.